The number of carbonyl (C=O) groups is 1. The average molecular weight is 332 g/mol. The highest BCUT2D eigenvalue weighted by Gasteiger charge is 2.17. The first-order chi connectivity index (χ1) is 11.4. The number of nitrogens with zero attached hydrogens (tertiary/aromatic N) is 4. The molecule has 132 valence electrons. The van der Waals surface area contributed by atoms with Gasteiger partial charge in [-0.25, -0.2) is 9.78 Å². The fraction of sp³-hybridized carbons (Fsp3) is 0.588. The van der Waals surface area contributed by atoms with Crippen LogP contribution >= 0.6 is 0 Å². The molecule has 2 aromatic rings. The first-order valence-corrected chi connectivity index (χ1v) is 8.45. The van der Waals surface area contributed by atoms with Crippen molar-refractivity contribution in [2.24, 2.45) is 0 Å². The van der Waals surface area contributed by atoms with Gasteiger partial charge < -0.3 is 15.2 Å². The van der Waals surface area contributed by atoms with Gasteiger partial charge >= 0.3 is 6.03 Å². The summed E-state index contributed by atoms with van der Waals surface area (Å²) in [5.74, 6) is 0.805. The summed E-state index contributed by atoms with van der Waals surface area (Å²) in [5.41, 5.74) is 3.17. The number of H-pyrrole nitrogens is 1. The maximum absolute atomic E-state index is 12.4. The van der Waals surface area contributed by atoms with Crippen molar-refractivity contribution in [1.29, 1.82) is 0 Å². The van der Waals surface area contributed by atoms with Crippen LogP contribution in [0.25, 0.3) is 0 Å². The third-order valence-electron chi connectivity index (χ3n) is 4.07. The molecule has 0 saturated carbocycles. The SMILES string of the molecule is CCC(NC(=O)N(C)CCCn1nc(C)cc1C)c1ncc(C)[nH]1. The average Bonchev–Trinajstić information content (AvgIpc) is 3.10. The van der Waals surface area contributed by atoms with E-state index in [-0.39, 0.29) is 12.1 Å². The minimum absolute atomic E-state index is 0.0794. The number of hydrogen-bond acceptors (Lipinski definition) is 3. The lowest BCUT2D eigenvalue weighted by Crippen LogP contribution is -2.40. The summed E-state index contributed by atoms with van der Waals surface area (Å²) in [6.07, 6.45) is 3.43. The molecule has 2 rings (SSSR count). The monoisotopic (exact) mass is 332 g/mol. The van der Waals surface area contributed by atoms with Crippen molar-refractivity contribution in [3.05, 3.63) is 35.2 Å². The number of nitrogens with one attached hydrogen (secondary N) is 2. The van der Waals surface area contributed by atoms with Crippen molar-refractivity contribution in [2.75, 3.05) is 13.6 Å². The van der Waals surface area contributed by atoms with Crippen LogP contribution in [0.15, 0.2) is 12.3 Å². The second-order valence-electron chi connectivity index (χ2n) is 6.29. The topological polar surface area (TPSA) is 78.8 Å². The largest absolute Gasteiger partial charge is 0.344 e. The van der Waals surface area contributed by atoms with Crippen LogP contribution in [-0.2, 0) is 6.54 Å². The molecule has 0 fully saturated rings. The number of aromatic amines is 1. The molecule has 7 nitrogen and oxygen atoms in total. The van der Waals surface area contributed by atoms with E-state index in [1.54, 1.807) is 11.1 Å². The molecule has 7 heteroatoms. The van der Waals surface area contributed by atoms with Gasteiger partial charge in [0.25, 0.3) is 0 Å². The summed E-state index contributed by atoms with van der Waals surface area (Å²) in [4.78, 5) is 21.6. The number of hydrogen-bond donors (Lipinski definition) is 2. The van der Waals surface area contributed by atoms with E-state index >= 15 is 0 Å². The maximum atomic E-state index is 12.4. The number of amides is 2. The van der Waals surface area contributed by atoms with Gasteiger partial charge in [-0.3, -0.25) is 4.68 Å². The lowest BCUT2D eigenvalue weighted by Gasteiger charge is -2.22. The molecule has 0 spiro atoms. The van der Waals surface area contributed by atoms with E-state index in [1.807, 2.05) is 39.4 Å². The molecule has 2 N–H and O–H groups in total. The third kappa shape index (κ3) is 4.59. The summed E-state index contributed by atoms with van der Waals surface area (Å²) in [5, 5.41) is 7.47. The number of urea groups is 1. The van der Waals surface area contributed by atoms with Gasteiger partial charge in [-0.2, -0.15) is 5.10 Å². The van der Waals surface area contributed by atoms with E-state index in [1.165, 1.54) is 0 Å². The van der Waals surface area contributed by atoms with Crippen molar-refractivity contribution in [3.63, 3.8) is 0 Å². The third-order valence-corrected chi connectivity index (χ3v) is 4.07. The summed E-state index contributed by atoms with van der Waals surface area (Å²) < 4.78 is 1.99. The van der Waals surface area contributed by atoms with Crippen LogP contribution in [0.5, 0.6) is 0 Å². The molecule has 2 aromatic heterocycles. The highest BCUT2D eigenvalue weighted by Crippen LogP contribution is 2.13. The van der Waals surface area contributed by atoms with Crippen LogP contribution in [-0.4, -0.2) is 44.3 Å². The van der Waals surface area contributed by atoms with Gasteiger partial charge in [-0.05, 0) is 39.7 Å². The normalized spacial score (nSPS) is 12.2. The van der Waals surface area contributed by atoms with Crippen molar-refractivity contribution >= 4 is 6.03 Å². The lowest BCUT2D eigenvalue weighted by atomic mass is 10.2. The molecule has 0 bridgehead atoms. The van der Waals surface area contributed by atoms with E-state index in [0.717, 1.165) is 42.3 Å². The Morgan fingerprint density at radius 1 is 1.42 bits per heavy atom. The summed E-state index contributed by atoms with van der Waals surface area (Å²) in [6.45, 7) is 9.52. The second kappa shape index (κ2) is 7.99. The molecule has 0 aliphatic carbocycles. The van der Waals surface area contributed by atoms with Gasteiger partial charge in [0.2, 0.25) is 0 Å². The molecule has 0 radical (unpaired) electrons. The van der Waals surface area contributed by atoms with Crippen LogP contribution in [0.2, 0.25) is 0 Å². The van der Waals surface area contributed by atoms with Crippen LogP contribution in [0.3, 0.4) is 0 Å². The number of aromatic nitrogens is 4. The van der Waals surface area contributed by atoms with Gasteiger partial charge in [0.15, 0.2) is 0 Å². The Bertz CT molecular complexity index is 674. The highest BCUT2D eigenvalue weighted by atomic mass is 16.2. The van der Waals surface area contributed by atoms with Gasteiger partial charge in [0.05, 0.1) is 11.7 Å². The van der Waals surface area contributed by atoms with E-state index < -0.39 is 0 Å². The predicted octanol–water partition coefficient (Wildman–Crippen LogP) is 2.71. The van der Waals surface area contributed by atoms with Gasteiger partial charge in [0.1, 0.15) is 5.82 Å². The fourth-order valence-electron chi connectivity index (χ4n) is 2.69. The molecule has 2 heterocycles. The molecule has 2 amide bonds. The molecule has 1 atom stereocenters. The van der Waals surface area contributed by atoms with Crippen LogP contribution < -0.4 is 5.32 Å². The van der Waals surface area contributed by atoms with Crippen molar-refractivity contribution in [3.8, 4) is 0 Å². The molecular formula is C17H28N6O. The van der Waals surface area contributed by atoms with Crippen LogP contribution in [0, 0.1) is 20.8 Å². The van der Waals surface area contributed by atoms with Gasteiger partial charge in [-0.15, -0.1) is 0 Å². The zero-order valence-electron chi connectivity index (χ0n) is 15.3. The van der Waals surface area contributed by atoms with E-state index in [4.69, 9.17) is 0 Å². The minimum atomic E-state index is -0.0929. The summed E-state index contributed by atoms with van der Waals surface area (Å²) in [6, 6.07) is 1.89. The molecule has 0 saturated heterocycles. The zero-order valence-corrected chi connectivity index (χ0v) is 15.3. The number of carbonyl (C=O) groups excluding carboxylic acids is 1. The quantitative estimate of drug-likeness (QED) is 0.818. The number of imidazole rings is 1. The fourth-order valence-corrected chi connectivity index (χ4v) is 2.69. The second-order valence-corrected chi connectivity index (χ2v) is 6.29. The summed E-state index contributed by atoms with van der Waals surface area (Å²) in [7, 11) is 1.82. The molecule has 0 aromatic carbocycles. The van der Waals surface area contributed by atoms with Crippen molar-refractivity contribution < 1.29 is 4.79 Å². The Morgan fingerprint density at radius 2 is 2.17 bits per heavy atom. The predicted molar refractivity (Wildman–Crippen MR) is 93.8 cm³/mol. The number of aryl methyl sites for hydroxylation is 4. The lowest BCUT2D eigenvalue weighted by molar-refractivity contribution is 0.202. The summed E-state index contributed by atoms with van der Waals surface area (Å²) >= 11 is 0. The Hall–Kier alpha value is -2.31. The standard InChI is InChI=1S/C17H28N6O/c1-6-15(16-18-11-13(3)19-16)20-17(24)22(5)8-7-9-23-14(4)10-12(2)21-23/h10-11,15H,6-9H2,1-5H3,(H,18,19)(H,20,24). The minimum Gasteiger partial charge on any atom is -0.344 e. The Morgan fingerprint density at radius 3 is 2.71 bits per heavy atom. The Balaban J connectivity index is 1.81. The van der Waals surface area contributed by atoms with Gasteiger partial charge in [-0.1, -0.05) is 6.92 Å². The molecule has 0 aliphatic rings. The smallest absolute Gasteiger partial charge is 0.317 e. The van der Waals surface area contributed by atoms with E-state index in [9.17, 15) is 4.79 Å². The molecule has 0 aliphatic heterocycles. The van der Waals surface area contributed by atoms with Crippen molar-refractivity contribution in [2.45, 2.75) is 53.1 Å². The van der Waals surface area contributed by atoms with E-state index in [2.05, 4.69) is 26.4 Å². The number of rotatable bonds is 7. The van der Waals surface area contributed by atoms with Crippen LogP contribution in [0.1, 0.15) is 48.7 Å². The molecule has 24 heavy (non-hydrogen) atoms. The Labute approximate surface area is 143 Å². The highest BCUT2D eigenvalue weighted by molar-refractivity contribution is 5.74. The molecule has 1 unspecified atom stereocenters. The van der Waals surface area contributed by atoms with Gasteiger partial charge in [0, 0.05) is 37.7 Å². The molecular weight excluding hydrogens is 304 g/mol. The van der Waals surface area contributed by atoms with Crippen molar-refractivity contribution in [1.82, 2.24) is 30.0 Å². The first kappa shape index (κ1) is 18.0. The Kier molecular flexibility index (Phi) is 6.00. The van der Waals surface area contributed by atoms with Crippen LogP contribution in [0.4, 0.5) is 4.79 Å². The zero-order chi connectivity index (χ0) is 17.7. The first-order valence-electron chi connectivity index (χ1n) is 8.45. The van der Waals surface area contributed by atoms with E-state index in [0.29, 0.717) is 6.54 Å². The maximum Gasteiger partial charge on any atom is 0.317 e.